The van der Waals surface area contributed by atoms with Gasteiger partial charge in [-0.1, -0.05) is 23.2 Å². The van der Waals surface area contributed by atoms with Gasteiger partial charge >= 0.3 is 0 Å². The van der Waals surface area contributed by atoms with Crippen LogP contribution in [0.4, 0.5) is 0 Å². The predicted molar refractivity (Wildman–Crippen MR) is 99.9 cm³/mol. The number of piperidine rings is 1. The molecular weight excluding hydrogens is 395 g/mol. The van der Waals surface area contributed by atoms with E-state index in [0.29, 0.717) is 28.7 Å². The second-order valence-corrected chi connectivity index (χ2v) is 9.05. The van der Waals surface area contributed by atoms with E-state index in [1.165, 1.54) is 0 Å². The summed E-state index contributed by atoms with van der Waals surface area (Å²) in [5.41, 5.74) is 0.658. The van der Waals surface area contributed by atoms with Gasteiger partial charge in [-0.05, 0) is 56.6 Å². The molecule has 1 amide bonds. The molecule has 9 heteroatoms. The van der Waals surface area contributed by atoms with Crippen LogP contribution in [-0.2, 0) is 14.6 Å². The second-order valence-electron chi connectivity index (χ2n) is 5.88. The first-order chi connectivity index (χ1) is 10.7. The minimum atomic E-state index is -3.54. The summed E-state index contributed by atoms with van der Waals surface area (Å²) in [5, 5.41) is 6.86. The zero-order valence-electron chi connectivity index (χ0n) is 13.4. The van der Waals surface area contributed by atoms with Gasteiger partial charge < -0.3 is 10.6 Å². The van der Waals surface area contributed by atoms with Crippen LogP contribution in [0.15, 0.2) is 18.2 Å². The summed E-state index contributed by atoms with van der Waals surface area (Å²) in [5.74, 6) is -0.481. The lowest BCUT2D eigenvalue weighted by Crippen LogP contribution is -2.57. The molecular formula is C15H21Cl3N2O3S. The van der Waals surface area contributed by atoms with E-state index >= 15 is 0 Å². The van der Waals surface area contributed by atoms with Crippen molar-refractivity contribution in [3.05, 3.63) is 33.8 Å². The minimum Gasteiger partial charge on any atom is -0.348 e. The van der Waals surface area contributed by atoms with Crippen LogP contribution >= 0.6 is 35.6 Å². The Morgan fingerprint density at radius 1 is 1.29 bits per heavy atom. The molecule has 1 fully saturated rings. The van der Waals surface area contributed by atoms with Crippen molar-refractivity contribution in [2.75, 3.05) is 19.3 Å². The third-order valence-corrected chi connectivity index (χ3v) is 6.90. The Bertz CT molecular complexity index is 704. The van der Waals surface area contributed by atoms with Gasteiger partial charge in [0.15, 0.2) is 14.6 Å². The third kappa shape index (κ3) is 4.35. The van der Waals surface area contributed by atoms with E-state index in [4.69, 9.17) is 23.2 Å². The maximum atomic E-state index is 12.8. The topological polar surface area (TPSA) is 75.3 Å². The van der Waals surface area contributed by atoms with Crippen molar-refractivity contribution in [3.8, 4) is 0 Å². The zero-order chi connectivity index (χ0) is 17.3. The molecule has 1 atom stereocenters. The van der Waals surface area contributed by atoms with E-state index < -0.39 is 26.5 Å². The smallest absolute Gasteiger partial charge is 0.242 e. The fraction of sp³-hybridized carbons (Fsp3) is 0.533. The Kier molecular flexibility index (Phi) is 7.38. The first-order valence-corrected chi connectivity index (χ1v) is 9.98. The summed E-state index contributed by atoms with van der Waals surface area (Å²) >= 11 is 12.1. The van der Waals surface area contributed by atoms with E-state index in [9.17, 15) is 13.2 Å². The van der Waals surface area contributed by atoms with Gasteiger partial charge in [-0.15, -0.1) is 12.4 Å². The Morgan fingerprint density at radius 2 is 1.88 bits per heavy atom. The fourth-order valence-electron chi connectivity index (χ4n) is 2.85. The Balaban J connectivity index is 0.00000288. The molecule has 24 heavy (non-hydrogen) atoms. The number of hydrogen-bond donors (Lipinski definition) is 2. The molecule has 1 heterocycles. The van der Waals surface area contributed by atoms with Crippen LogP contribution in [0.5, 0.6) is 0 Å². The maximum absolute atomic E-state index is 12.8. The quantitative estimate of drug-likeness (QED) is 0.793. The number of carbonyl (C=O) groups is 1. The highest BCUT2D eigenvalue weighted by Gasteiger charge is 2.48. The first-order valence-electron chi connectivity index (χ1n) is 7.33. The highest BCUT2D eigenvalue weighted by molar-refractivity contribution is 7.92. The summed E-state index contributed by atoms with van der Waals surface area (Å²) in [4.78, 5) is 12.8. The number of sulfone groups is 1. The van der Waals surface area contributed by atoms with Crippen molar-refractivity contribution in [2.45, 2.75) is 30.6 Å². The van der Waals surface area contributed by atoms with E-state index in [1.54, 1.807) is 25.1 Å². The standard InChI is InChI=1S/C15H20Cl2N2O3S.ClH/c1-10(12-9-11(16)3-4-13(12)17)19-14(20)15(23(2,21)22)5-7-18-8-6-15;/h3-4,9-10,18H,5-8H2,1-2H3,(H,19,20);1H. The highest BCUT2D eigenvalue weighted by Crippen LogP contribution is 2.31. The SMILES string of the molecule is CC(NC(=O)C1(S(C)(=O)=O)CCNCC1)c1cc(Cl)ccc1Cl.Cl. The molecule has 1 unspecified atom stereocenters. The van der Waals surface area contributed by atoms with Crippen LogP contribution in [0, 0.1) is 0 Å². The molecule has 0 spiro atoms. The van der Waals surface area contributed by atoms with Crippen LogP contribution in [0.3, 0.4) is 0 Å². The molecule has 1 aromatic carbocycles. The number of benzene rings is 1. The lowest BCUT2D eigenvalue weighted by Gasteiger charge is -2.35. The average Bonchev–Trinajstić information content (AvgIpc) is 2.49. The molecule has 0 aromatic heterocycles. The summed E-state index contributed by atoms with van der Waals surface area (Å²) in [6.07, 6.45) is 1.64. The normalized spacial score (nSPS) is 18.3. The molecule has 2 N–H and O–H groups in total. The van der Waals surface area contributed by atoms with Crippen molar-refractivity contribution in [1.29, 1.82) is 0 Å². The molecule has 0 radical (unpaired) electrons. The molecule has 5 nitrogen and oxygen atoms in total. The van der Waals surface area contributed by atoms with E-state index in [0.717, 1.165) is 6.26 Å². The fourth-order valence-corrected chi connectivity index (χ4v) is 4.65. The van der Waals surface area contributed by atoms with Gasteiger partial charge in [0.1, 0.15) is 0 Å². The van der Waals surface area contributed by atoms with Gasteiger partial charge in [-0.3, -0.25) is 4.79 Å². The van der Waals surface area contributed by atoms with Crippen LogP contribution in [0.2, 0.25) is 10.0 Å². The van der Waals surface area contributed by atoms with Gasteiger partial charge in [0, 0.05) is 16.3 Å². The van der Waals surface area contributed by atoms with E-state index in [2.05, 4.69) is 10.6 Å². The zero-order valence-corrected chi connectivity index (χ0v) is 16.6. The molecule has 136 valence electrons. The monoisotopic (exact) mass is 414 g/mol. The number of carbonyl (C=O) groups excluding carboxylic acids is 1. The number of rotatable bonds is 4. The third-order valence-electron chi connectivity index (χ3n) is 4.31. The second kappa shape index (κ2) is 8.23. The largest absolute Gasteiger partial charge is 0.348 e. The molecule has 1 saturated heterocycles. The Hall–Kier alpha value is -0.530. The average molecular weight is 416 g/mol. The molecule has 0 saturated carbocycles. The number of hydrogen-bond acceptors (Lipinski definition) is 4. The summed E-state index contributed by atoms with van der Waals surface area (Å²) in [6.45, 7) is 2.74. The molecule has 1 aromatic rings. The molecule has 1 aliphatic rings. The lowest BCUT2D eigenvalue weighted by atomic mass is 9.95. The summed E-state index contributed by atoms with van der Waals surface area (Å²) < 4.78 is 23.1. The van der Waals surface area contributed by atoms with Gasteiger partial charge in [-0.25, -0.2) is 8.42 Å². The van der Waals surface area contributed by atoms with Gasteiger partial charge in [0.05, 0.1) is 6.04 Å². The van der Waals surface area contributed by atoms with Crippen molar-refractivity contribution in [1.82, 2.24) is 10.6 Å². The minimum absolute atomic E-state index is 0. The summed E-state index contributed by atoms with van der Waals surface area (Å²) in [7, 11) is -3.54. The number of halogens is 3. The van der Waals surface area contributed by atoms with Crippen molar-refractivity contribution < 1.29 is 13.2 Å². The van der Waals surface area contributed by atoms with Gasteiger partial charge in [0.25, 0.3) is 0 Å². The van der Waals surface area contributed by atoms with Crippen molar-refractivity contribution in [2.24, 2.45) is 0 Å². The predicted octanol–water partition coefficient (Wildman–Crippen LogP) is 2.76. The molecule has 2 rings (SSSR count). The highest BCUT2D eigenvalue weighted by atomic mass is 35.5. The van der Waals surface area contributed by atoms with Crippen LogP contribution in [0.1, 0.15) is 31.4 Å². The Labute approximate surface area is 158 Å². The molecule has 1 aliphatic heterocycles. The van der Waals surface area contributed by atoms with E-state index in [1.807, 2.05) is 0 Å². The number of nitrogens with one attached hydrogen (secondary N) is 2. The first kappa shape index (κ1) is 21.5. The Morgan fingerprint density at radius 3 is 2.42 bits per heavy atom. The van der Waals surface area contributed by atoms with Crippen molar-refractivity contribution in [3.63, 3.8) is 0 Å². The maximum Gasteiger partial charge on any atom is 0.242 e. The van der Waals surface area contributed by atoms with Crippen LogP contribution < -0.4 is 10.6 Å². The molecule has 0 bridgehead atoms. The van der Waals surface area contributed by atoms with Crippen LogP contribution in [0.25, 0.3) is 0 Å². The van der Waals surface area contributed by atoms with Gasteiger partial charge in [0.2, 0.25) is 5.91 Å². The molecule has 0 aliphatic carbocycles. The number of amides is 1. The van der Waals surface area contributed by atoms with Crippen molar-refractivity contribution >= 4 is 51.4 Å². The summed E-state index contributed by atoms with van der Waals surface area (Å²) in [6, 6.07) is 4.54. The van der Waals surface area contributed by atoms with Crippen LogP contribution in [-0.4, -0.2) is 38.4 Å². The lowest BCUT2D eigenvalue weighted by molar-refractivity contribution is -0.125. The van der Waals surface area contributed by atoms with Gasteiger partial charge in [-0.2, -0.15) is 0 Å². The van der Waals surface area contributed by atoms with E-state index in [-0.39, 0.29) is 25.2 Å².